The van der Waals surface area contributed by atoms with E-state index in [-0.39, 0.29) is 18.1 Å². The summed E-state index contributed by atoms with van der Waals surface area (Å²) < 4.78 is 7.90. The maximum atomic E-state index is 13.1. The van der Waals surface area contributed by atoms with Crippen LogP contribution < -0.4 is 0 Å². The number of morpholine rings is 1. The molecule has 2 heterocycles. The molecule has 1 aliphatic rings. The third-order valence-electron chi connectivity index (χ3n) is 6.09. The molecule has 3 aromatic carbocycles. The Hall–Kier alpha value is -2.76. The number of carbonyl (C=O) groups is 1. The fraction of sp³-hybridized carbons (Fsp3) is 0.296. The van der Waals surface area contributed by atoms with Crippen LogP contribution in [0.4, 0.5) is 0 Å². The summed E-state index contributed by atoms with van der Waals surface area (Å²) in [6, 6.07) is 23.4. The van der Waals surface area contributed by atoms with Gasteiger partial charge in [-0.2, -0.15) is 0 Å². The second-order valence-electron chi connectivity index (χ2n) is 8.62. The monoisotopic (exact) mass is 444 g/mol. The van der Waals surface area contributed by atoms with Gasteiger partial charge < -0.3 is 14.2 Å². The smallest absolute Gasteiger partial charge is 0.242 e. The number of carbonyl (C=O) groups excluding carboxylic acids is 1. The van der Waals surface area contributed by atoms with Gasteiger partial charge in [0.2, 0.25) is 5.91 Å². The number of nitrogens with zero attached hydrogens (tertiary/aromatic N) is 2. The fourth-order valence-corrected chi connectivity index (χ4v) is 5.75. The van der Waals surface area contributed by atoms with Crippen molar-refractivity contribution in [3.8, 4) is 0 Å². The van der Waals surface area contributed by atoms with Crippen LogP contribution in [-0.2, 0) is 21.8 Å². The molecule has 2 atom stereocenters. The van der Waals surface area contributed by atoms with Crippen LogP contribution in [-0.4, -0.2) is 40.7 Å². The summed E-state index contributed by atoms with van der Waals surface area (Å²) in [6.07, 6.45) is 2.30. The molecule has 1 aromatic heterocycles. The van der Waals surface area contributed by atoms with Gasteiger partial charge in [-0.3, -0.25) is 4.79 Å². The topological polar surface area (TPSA) is 34.5 Å². The normalized spacial score (nSPS) is 19.0. The molecule has 0 bridgehead atoms. The molecule has 0 saturated carbocycles. The van der Waals surface area contributed by atoms with Crippen molar-refractivity contribution in [1.82, 2.24) is 9.47 Å². The van der Waals surface area contributed by atoms with E-state index >= 15 is 0 Å². The van der Waals surface area contributed by atoms with Crippen LogP contribution in [0.3, 0.4) is 0 Å². The van der Waals surface area contributed by atoms with E-state index in [1.165, 1.54) is 26.6 Å². The largest absolute Gasteiger partial charge is 0.372 e. The van der Waals surface area contributed by atoms with Crippen LogP contribution in [0.5, 0.6) is 0 Å². The number of hydrogen-bond donors (Lipinski definition) is 0. The highest BCUT2D eigenvalue weighted by atomic mass is 32.2. The first-order valence-corrected chi connectivity index (χ1v) is 12.2. The Morgan fingerprint density at radius 2 is 1.62 bits per heavy atom. The number of hydrogen-bond acceptors (Lipinski definition) is 3. The number of para-hydroxylation sites is 1. The average Bonchev–Trinajstić information content (AvgIpc) is 3.14. The Labute approximate surface area is 193 Å². The Morgan fingerprint density at radius 1 is 0.938 bits per heavy atom. The van der Waals surface area contributed by atoms with E-state index in [9.17, 15) is 4.79 Å². The zero-order valence-electron chi connectivity index (χ0n) is 18.5. The number of rotatable bonds is 5. The van der Waals surface area contributed by atoms with E-state index in [1.54, 1.807) is 0 Å². The first-order chi connectivity index (χ1) is 15.6. The predicted molar refractivity (Wildman–Crippen MR) is 132 cm³/mol. The van der Waals surface area contributed by atoms with Crippen molar-refractivity contribution < 1.29 is 9.53 Å². The predicted octanol–water partition coefficient (Wildman–Crippen LogP) is 5.72. The van der Waals surface area contributed by atoms with E-state index in [1.807, 2.05) is 36.6 Å². The van der Waals surface area contributed by atoms with Gasteiger partial charge in [0.15, 0.2) is 0 Å². The van der Waals surface area contributed by atoms with Crippen LogP contribution >= 0.6 is 11.8 Å². The zero-order chi connectivity index (χ0) is 22.1. The Balaban J connectivity index is 1.38. The maximum absolute atomic E-state index is 13.1. The van der Waals surface area contributed by atoms with Crippen molar-refractivity contribution in [1.29, 1.82) is 0 Å². The Bertz CT molecular complexity index is 1250. The third kappa shape index (κ3) is 4.27. The van der Waals surface area contributed by atoms with Crippen LogP contribution in [0.2, 0.25) is 0 Å². The first kappa shape index (κ1) is 21.1. The molecule has 4 aromatic rings. The highest BCUT2D eigenvalue weighted by Gasteiger charge is 2.26. The average molecular weight is 445 g/mol. The molecule has 5 rings (SSSR count). The lowest BCUT2D eigenvalue weighted by molar-refractivity contribution is -0.143. The molecule has 32 heavy (non-hydrogen) atoms. The number of benzene rings is 3. The van der Waals surface area contributed by atoms with E-state index in [4.69, 9.17) is 4.74 Å². The van der Waals surface area contributed by atoms with Crippen LogP contribution in [0.15, 0.2) is 77.8 Å². The summed E-state index contributed by atoms with van der Waals surface area (Å²) in [4.78, 5) is 16.2. The summed E-state index contributed by atoms with van der Waals surface area (Å²) in [6.45, 7) is 5.73. The molecule has 1 aliphatic heterocycles. The standard InChI is InChI=1S/C27H28N2O2S/c1-19-14-29(15-20(2)31-19)27(30)17-28-16-26(24-12-5-6-13-25(24)28)32-18-22-10-7-9-21-8-3-4-11-23(21)22/h3-13,16,19-20H,14-15,17-18H2,1-2H3/t19-,20+. The third-order valence-corrected chi connectivity index (χ3v) is 7.18. The lowest BCUT2D eigenvalue weighted by atomic mass is 10.1. The van der Waals surface area contributed by atoms with Crippen molar-refractivity contribution >= 4 is 39.3 Å². The molecule has 0 aliphatic carbocycles. The quantitative estimate of drug-likeness (QED) is 0.369. The molecule has 0 unspecified atom stereocenters. The Kier molecular flexibility index (Phi) is 5.94. The molecule has 0 radical (unpaired) electrons. The van der Waals surface area contributed by atoms with Crippen molar-refractivity contribution in [2.75, 3.05) is 13.1 Å². The molecular weight excluding hydrogens is 416 g/mol. The van der Waals surface area contributed by atoms with E-state index < -0.39 is 0 Å². The van der Waals surface area contributed by atoms with Gasteiger partial charge in [-0.1, -0.05) is 60.7 Å². The van der Waals surface area contributed by atoms with E-state index in [0.717, 1.165) is 11.3 Å². The molecule has 0 N–H and O–H groups in total. The summed E-state index contributed by atoms with van der Waals surface area (Å²) in [7, 11) is 0. The SMILES string of the molecule is C[C@@H]1CN(C(=O)Cn2cc(SCc3cccc4ccccc34)c3ccccc32)C[C@H](C)O1. The van der Waals surface area contributed by atoms with E-state index in [0.29, 0.717) is 19.6 Å². The van der Waals surface area contributed by atoms with Crippen molar-refractivity contribution in [3.05, 3.63) is 78.5 Å². The first-order valence-electron chi connectivity index (χ1n) is 11.2. The van der Waals surface area contributed by atoms with Gasteiger partial charge in [-0.05, 0) is 36.2 Å². The van der Waals surface area contributed by atoms with Crippen LogP contribution in [0, 0.1) is 0 Å². The zero-order valence-corrected chi connectivity index (χ0v) is 19.3. The van der Waals surface area contributed by atoms with E-state index in [2.05, 4.69) is 71.4 Å². The molecule has 1 saturated heterocycles. The second kappa shape index (κ2) is 9.00. The minimum absolute atomic E-state index is 0.0796. The molecule has 4 nitrogen and oxygen atoms in total. The van der Waals surface area contributed by atoms with Crippen LogP contribution in [0.25, 0.3) is 21.7 Å². The summed E-state index contributed by atoms with van der Waals surface area (Å²) in [5, 5.41) is 3.78. The van der Waals surface area contributed by atoms with Crippen molar-refractivity contribution in [2.24, 2.45) is 0 Å². The van der Waals surface area contributed by atoms with Gasteiger partial charge in [0.05, 0.1) is 12.2 Å². The molecule has 1 fully saturated rings. The summed E-state index contributed by atoms with van der Waals surface area (Å²) in [5.41, 5.74) is 2.44. The van der Waals surface area contributed by atoms with Gasteiger partial charge in [-0.25, -0.2) is 0 Å². The van der Waals surface area contributed by atoms with Gasteiger partial charge in [-0.15, -0.1) is 11.8 Å². The van der Waals surface area contributed by atoms with Gasteiger partial charge in [0.25, 0.3) is 0 Å². The second-order valence-corrected chi connectivity index (χ2v) is 9.64. The van der Waals surface area contributed by atoms with Crippen LogP contribution in [0.1, 0.15) is 19.4 Å². The fourth-order valence-electron chi connectivity index (χ4n) is 4.66. The molecule has 1 amide bonds. The number of fused-ring (bicyclic) bond motifs is 2. The number of aromatic nitrogens is 1. The lowest BCUT2D eigenvalue weighted by Crippen LogP contribution is -2.49. The summed E-state index contributed by atoms with van der Waals surface area (Å²) >= 11 is 1.84. The summed E-state index contributed by atoms with van der Waals surface area (Å²) in [5.74, 6) is 1.04. The van der Waals surface area contributed by atoms with Crippen molar-refractivity contribution in [3.63, 3.8) is 0 Å². The number of ether oxygens (including phenoxy) is 1. The highest BCUT2D eigenvalue weighted by Crippen LogP contribution is 2.34. The lowest BCUT2D eigenvalue weighted by Gasteiger charge is -2.35. The van der Waals surface area contributed by atoms with Gasteiger partial charge in [0, 0.05) is 40.8 Å². The van der Waals surface area contributed by atoms with Gasteiger partial charge in [0.1, 0.15) is 6.54 Å². The highest BCUT2D eigenvalue weighted by molar-refractivity contribution is 7.98. The molecular formula is C27H28N2O2S. The van der Waals surface area contributed by atoms with Gasteiger partial charge >= 0.3 is 0 Å². The number of thioether (sulfide) groups is 1. The minimum atomic E-state index is 0.0796. The minimum Gasteiger partial charge on any atom is -0.372 e. The maximum Gasteiger partial charge on any atom is 0.242 e. The van der Waals surface area contributed by atoms with Crippen molar-refractivity contribution in [2.45, 2.75) is 43.2 Å². The molecule has 5 heteroatoms. The number of amides is 1. The Morgan fingerprint density at radius 3 is 2.44 bits per heavy atom. The molecule has 0 spiro atoms. The molecule has 164 valence electrons.